The van der Waals surface area contributed by atoms with E-state index in [0.717, 1.165) is 41.2 Å². The molecule has 1 aromatic carbocycles. The minimum atomic E-state index is 0.422. The summed E-state index contributed by atoms with van der Waals surface area (Å²) in [7, 11) is 0. The topological polar surface area (TPSA) is 73.2 Å². The van der Waals surface area contributed by atoms with E-state index in [1.165, 1.54) is 0 Å². The van der Waals surface area contributed by atoms with Gasteiger partial charge in [0.25, 0.3) is 0 Å². The fraction of sp³-hybridized carbons (Fsp3) is 0.500. The second kappa shape index (κ2) is 5.09. The van der Waals surface area contributed by atoms with Gasteiger partial charge in [-0.2, -0.15) is 0 Å². The molecule has 19 heavy (non-hydrogen) atoms. The van der Waals surface area contributed by atoms with Crippen LogP contribution >= 0.6 is 0 Å². The Morgan fingerprint density at radius 2 is 2.05 bits per heavy atom. The molecule has 0 spiro atoms. The normalized spacial score (nSPS) is 16.3. The van der Waals surface area contributed by atoms with Crippen molar-refractivity contribution in [1.82, 2.24) is 9.97 Å². The zero-order valence-corrected chi connectivity index (χ0v) is 11.1. The first-order valence-electron chi connectivity index (χ1n) is 6.74. The lowest BCUT2D eigenvalue weighted by Gasteiger charge is -2.05. The molecule has 2 aromatic rings. The molecule has 1 atom stereocenters. The van der Waals surface area contributed by atoms with Crippen molar-refractivity contribution in [3.63, 3.8) is 0 Å². The van der Waals surface area contributed by atoms with Gasteiger partial charge in [0, 0.05) is 25.0 Å². The third-order valence-electron chi connectivity index (χ3n) is 3.34. The molecule has 1 unspecified atom stereocenters. The van der Waals surface area contributed by atoms with E-state index < -0.39 is 0 Å². The van der Waals surface area contributed by atoms with Crippen LogP contribution in [0, 0.1) is 5.92 Å². The van der Waals surface area contributed by atoms with Gasteiger partial charge in [0.2, 0.25) is 0 Å². The van der Waals surface area contributed by atoms with Crippen molar-refractivity contribution in [3.8, 4) is 11.5 Å². The standard InChI is InChI=1S/C14H19N3O2/c1-9(8-15)5-14-16-10-6-12-13(7-11(10)17-14)19-4-2-3-18-12/h6-7,9H,2-5,8,15H2,1H3,(H,16,17). The molecular weight excluding hydrogens is 242 g/mol. The molecule has 1 aliphatic heterocycles. The van der Waals surface area contributed by atoms with E-state index >= 15 is 0 Å². The molecule has 5 heteroatoms. The Morgan fingerprint density at radius 1 is 1.32 bits per heavy atom. The zero-order valence-electron chi connectivity index (χ0n) is 11.1. The Morgan fingerprint density at radius 3 is 2.79 bits per heavy atom. The van der Waals surface area contributed by atoms with Gasteiger partial charge in [0.15, 0.2) is 11.5 Å². The second-order valence-corrected chi connectivity index (χ2v) is 5.10. The number of nitrogens with two attached hydrogens (primary N) is 1. The molecule has 0 bridgehead atoms. The van der Waals surface area contributed by atoms with Crippen LogP contribution in [0.2, 0.25) is 0 Å². The van der Waals surface area contributed by atoms with E-state index in [-0.39, 0.29) is 0 Å². The largest absolute Gasteiger partial charge is 0.489 e. The Bertz CT molecular complexity index is 536. The zero-order chi connectivity index (χ0) is 13.2. The average Bonchev–Trinajstić information content (AvgIpc) is 2.63. The first-order chi connectivity index (χ1) is 9.26. The highest BCUT2D eigenvalue weighted by atomic mass is 16.5. The van der Waals surface area contributed by atoms with Crippen LogP contribution in [0.15, 0.2) is 12.1 Å². The number of nitrogens with one attached hydrogen (secondary N) is 1. The minimum absolute atomic E-state index is 0.422. The molecule has 1 aliphatic rings. The number of rotatable bonds is 3. The van der Waals surface area contributed by atoms with Gasteiger partial charge in [-0.05, 0) is 12.5 Å². The highest BCUT2D eigenvalue weighted by molar-refractivity contribution is 5.79. The molecule has 2 heterocycles. The van der Waals surface area contributed by atoms with Crippen molar-refractivity contribution in [2.24, 2.45) is 11.7 Å². The summed E-state index contributed by atoms with van der Waals surface area (Å²) in [5.41, 5.74) is 7.56. The molecule has 3 N–H and O–H groups in total. The lowest BCUT2D eigenvalue weighted by Crippen LogP contribution is -2.13. The van der Waals surface area contributed by atoms with Crippen LogP contribution in [0.5, 0.6) is 11.5 Å². The van der Waals surface area contributed by atoms with E-state index in [1.54, 1.807) is 0 Å². The Labute approximate surface area is 112 Å². The molecule has 0 aliphatic carbocycles. The number of hydrogen-bond donors (Lipinski definition) is 2. The molecule has 3 rings (SSSR count). The van der Waals surface area contributed by atoms with E-state index in [0.29, 0.717) is 25.7 Å². The number of benzene rings is 1. The number of H-pyrrole nitrogens is 1. The number of imidazole rings is 1. The lowest BCUT2D eigenvalue weighted by atomic mass is 10.1. The average molecular weight is 261 g/mol. The summed E-state index contributed by atoms with van der Waals surface area (Å²) in [4.78, 5) is 7.92. The van der Waals surface area contributed by atoms with Crippen molar-refractivity contribution >= 4 is 11.0 Å². The smallest absolute Gasteiger partial charge is 0.163 e. The van der Waals surface area contributed by atoms with Crippen molar-refractivity contribution < 1.29 is 9.47 Å². The quantitative estimate of drug-likeness (QED) is 0.884. The van der Waals surface area contributed by atoms with E-state index in [1.807, 2.05) is 12.1 Å². The van der Waals surface area contributed by atoms with E-state index in [4.69, 9.17) is 15.2 Å². The number of ether oxygens (including phenoxy) is 2. The number of nitrogens with zero attached hydrogens (tertiary/aromatic N) is 1. The molecule has 5 nitrogen and oxygen atoms in total. The summed E-state index contributed by atoms with van der Waals surface area (Å²) in [6, 6.07) is 3.92. The van der Waals surface area contributed by atoms with Gasteiger partial charge in [-0.3, -0.25) is 0 Å². The van der Waals surface area contributed by atoms with Crippen LogP contribution in [-0.4, -0.2) is 29.7 Å². The molecule has 0 saturated carbocycles. The number of aromatic nitrogens is 2. The third-order valence-corrected chi connectivity index (χ3v) is 3.34. The monoisotopic (exact) mass is 261 g/mol. The summed E-state index contributed by atoms with van der Waals surface area (Å²) >= 11 is 0. The highest BCUT2D eigenvalue weighted by Gasteiger charge is 2.14. The van der Waals surface area contributed by atoms with Crippen molar-refractivity contribution in [1.29, 1.82) is 0 Å². The van der Waals surface area contributed by atoms with Gasteiger partial charge >= 0.3 is 0 Å². The molecule has 102 valence electrons. The fourth-order valence-electron chi connectivity index (χ4n) is 2.23. The second-order valence-electron chi connectivity index (χ2n) is 5.10. The molecule has 0 radical (unpaired) electrons. The van der Waals surface area contributed by atoms with Gasteiger partial charge in [-0.1, -0.05) is 6.92 Å². The number of aromatic amines is 1. The molecular formula is C14H19N3O2. The van der Waals surface area contributed by atoms with Gasteiger partial charge in [-0.25, -0.2) is 4.98 Å². The van der Waals surface area contributed by atoms with Gasteiger partial charge in [-0.15, -0.1) is 0 Å². The first-order valence-corrected chi connectivity index (χ1v) is 6.74. The summed E-state index contributed by atoms with van der Waals surface area (Å²) in [6.45, 7) is 4.18. The van der Waals surface area contributed by atoms with Crippen LogP contribution in [-0.2, 0) is 6.42 Å². The van der Waals surface area contributed by atoms with Crippen molar-refractivity contribution in [2.45, 2.75) is 19.8 Å². The fourth-order valence-corrected chi connectivity index (χ4v) is 2.23. The summed E-state index contributed by atoms with van der Waals surface area (Å²) < 4.78 is 11.3. The van der Waals surface area contributed by atoms with Crippen molar-refractivity contribution in [2.75, 3.05) is 19.8 Å². The van der Waals surface area contributed by atoms with Gasteiger partial charge < -0.3 is 20.2 Å². The Hall–Kier alpha value is -1.75. The summed E-state index contributed by atoms with van der Waals surface area (Å²) in [5.74, 6) is 2.97. The molecule has 1 aromatic heterocycles. The van der Waals surface area contributed by atoms with Crippen LogP contribution in [0.4, 0.5) is 0 Å². The highest BCUT2D eigenvalue weighted by Crippen LogP contribution is 2.33. The first kappa shape index (κ1) is 12.3. The maximum absolute atomic E-state index is 5.68. The van der Waals surface area contributed by atoms with E-state index in [2.05, 4.69) is 16.9 Å². The van der Waals surface area contributed by atoms with Crippen molar-refractivity contribution in [3.05, 3.63) is 18.0 Å². The van der Waals surface area contributed by atoms with Crippen LogP contribution in [0.3, 0.4) is 0 Å². The number of hydrogen-bond acceptors (Lipinski definition) is 4. The Balaban J connectivity index is 1.95. The minimum Gasteiger partial charge on any atom is -0.489 e. The maximum atomic E-state index is 5.68. The Kier molecular flexibility index (Phi) is 3.29. The summed E-state index contributed by atoms with van der Waals surface area (Å²) in [5, 5.41) is 0. The predicted octanol–water partition coefficient (Wildman–Crippen LogP) is 1.86. The summed E-state index contributed by atoms with van der Waals surface area (Å²) in [6.07, 6.45) is 1.77. The van der Waals surface area contributed by atoms with Crippen LogP contribution < -0.4 is 15.2 Å². The predicted molar refractivity (Wildman–Crippen MR) is 73.6 cm³/mol. The lowest BCUT2D eigenvalue weighted by molar-refractivity contribution is 0.297. The molecule has 0 fully saturated rings. The van der Waals surface area contributed by atoms with Crippen LogP contribution in [0.1, 0.15) is 19.2 Å². The number of fused-ring (bicyclic) bond motifs is 2. The van der Waals surface area contributed by atoms with E-state index in [9.17, 15) is 0 Å². The van der Waals surface area contributed by atoms with Gasteiger partial charge in [0.05, 0.1) is 24.2 Å². The molecule has 0 saturated heterocycles. The molecule has 0 amide bonds. The van der Waals surface area contributed by atoms with Crippen LogP contribution in [0.25, 0.3) is 11.0 Å². The van der Waals surface area contributed by atoms with Gasteiger partial charge in [0.1, 0.15) is 5.82 Å². The third kappa shape index (κ3) is 2.51. The maximum Gasteiger partial charge on any atom is 0.163 e. The SMILES string of the molecule is CC(CN)Cc1nc2cc3c(cc2[nH]1)OCCCO3.